The molecule has 2 saturated heterocycles. The van der Waals surface area contributed by atoms with Gasteiger partial charge in [0.15, 0.2) is 0 Å². The topological polar surface area (TPSA) is 57.0 Å². The van der Waals surface area contributed by atoms with Crippen molar-refractivity contribution in [3.63, 3.8) is 0 Å². The Labute approximate surface area is 172 Å². The highest BCUT2D eigenvalue weighted by atomic mass is 16.3. The van der Waals surface area contributed by atoms with E-state index in [1.165, 1.54) is 10.5 Å². The van der Waals surface area contributed by atoms with Crippen molar-refractivity contribution in [3.8, 4) is 11.3 Å². The summed E-state index contributed by atoms with van der Waals surface area (Å²) in [6.45, 7) is 7.22. The highest BCUT2D eigenvalue weighted by Gasteiger charge is 2.56. The number of amides is 3. The summed E-state index contributed by atoms with van der Waals surface area (Å²) in [6, 6.07) is 12.1. The van der Waals surface area contributed by atoms with Crippen LogP contribution in [0.25, 0.3) is 11.3 Å². The highest BCUT2D eigenvalue weighted by molar-refractivity contribution is 6.06. The first-order valence-corrected chi connectivity index (χ1v) is 10.4. The Morgan fingerprint density at radius 1 is 1.10 bits per heavy atom. The SMILES string of the molecule is CC(C)CN1C(=O)N(C)C(=O)C12CCN(Cc1cccc(-c3ccco3)c1)CC2. The second-order valence-electron chi connectivity index (χ2n) is 8.64. The number of furan rings is 1. The van der Waals surface area contributed by atoms with E-state index in [0.717, 1.165) is 31.0 Å². The number of nitrogens with zero attached hydrogens (tertiary/aromatic N) is 3. The van der Waals surface area contributed by atoms with Gasteiger partial charge in [0.25, 0.3) is 5.91 Å². The first-order valence-electron chi connectivity index (χ1n) is 10.4. The quantitative estimate of drug-likeness (QED) is 0.722. The number of piperidine rings is 1. The van der Waals surface area contributed by atoms with E-state index in [4.69, 9.17) is 4.42 Å². The third-order valence-corrected chi connectivity index (χ3v) is 6.11. The summed E-state index contributed by atoms with van der Waals surface area (Å²) in [6.07, 6.45) is 3.06. The maximum atomic E-state index is 13.0. The van der Waals surface area contributed by atoms with Gasteiger partial charge in [-0.3, -0.25) is 14.6 Å². The lowest BCUT2D eigenvalue weighted by Gasteiger charge is -2.42. The van der Waals surface area contributed by atoms with E-state index in [2.05, 4.69) is 43.0 Å². The maximum Gasteiger partial charge on any atom is 0.327 e. The predicted octanol–water partition coefficient (Wildman–Crippen LogP) is 3.83. The van der Waals surface area contributed by atoms with E-state index in [0.29, 0.717) is 25.3 Å². The zero-order valence-electron chi connectivity index (χ0n) is 17.4. The lowest BCUT2D eigenvalue weighted by Crippen LogP contribution is -2.57. The summed E-state index contributed by atoms with van der Waals surface area (Å²) >= 11 is 0. The van der Waals surface area contributed by atoms with Gasteiger partial charge in [-0.15, -0.1) is 0 Å². The number of carbonyl (C=O) groups excluding carboxylic acids is 2. The van der Waals surface area contributed by atoms with Crippen LogP contribution >= 0.6 is 0 Å². The Balaban J connectivity index is 1.46. The normalized spacial score (nSPS) is 19.7. The summed E-state index contributed by atoms with van der Waals surface area (Å²) in [5.41, 5.74) is 1.63. The van der Waals surface area contributed by atoms with Gasteiger partial charge in [-0.1, -0.05) is 32.0 Å². The minimum Gasteiger partial charge on any atom is -0.464 e. The number of hydrogen-bond acceptors (Lipinski definition) is 4. The molecule has 0 saturated carbocycles. The molecular formula is C23H29N3O3. The molecule has 0 N–H and O–H groups in total. The summed E-state index contributed by atoms with van der Waals surface area (Å²) in [7, 11) is 1.61. The summed E-state index contributed by atoms with van der Waals surface area (Å²) in [4.78, 5) is 31.1. The van der Waals surface area contributed by atoms with Crippen LogP contribution in [0.3, 0.4) is 0 Å². The third kappa shape index (κ3) is 3.57. The van der Waals surface area contributed by atoms with Crippen LogP contribution in [0.4, 0.5) is 4.79 Å². The fourth-order valence-corrected chi connectivity index (χ4v) is 4.59. The van der Waals surface area contributed by atoms with Crippen LogP contribution in [0, 0.1) is 5.92 Å². The minimum absolute atomic E-state index is 0.0392. The standard InChI is InChI=1S/C23H29N3O3/c1-17(2)15-26-22(28)24(3)21(27)23(26)9-11-25(12-10-23)16-18-6-4-7-19(14-18)20-8-5-13-29-20/h4-8,13-14,17H,9-12,15-16H2,1-3H3. The van der Waals surface area contributed by atoms with E-state index in [1.54, 1.807) is 13.3 Å². The van der Waals surface area contributed by atoms with Crippen LogP contribution in [0.15, 0.2) is 47.1 Å². The molecule has 2 aromatic rings. The number of likely N-dealkylation sites (tertiary alicyclic amines) is 1. The van der Waals surface area contributed by atoms with Crippen LogP contribution in [-0.4, -0.2) is 58.9 Å². The average molecular weight is 396 g/mol. The molecule has 2 aliphatic heterocycles. The summed E-state index contributed by atoms with van der Waals surface area (Å²) in [5.74, 6) is 1.16. The van der Waals surface area contributed by atoms with Gasteiger partial charge in [0, 0.05) is 38.8 Å². The molecule has 0 aliphatic carbocycles. The van der Waals surface area contributed by atoms with Crippen molar-refractivity contribution in [1.82, 2.24) is 14.7 Å². The van der Waals surface area contributed by atoms with Crippen molar-refractivity contribution >= 4 is 11.9 Å². The number of hydrogen-bond donors (Lipinski definition) is 0. The first kappa shape index (κ1) is 19.7. The molecule has 1 aromatic heterocycles. The highest BCUT2D eigenvalue weighted by Crippen LogP contribution is 2.37. The fourth-order valence-electron chi connectivity index (χ4n) is 4.59. The van der Waals surface area contributed by atoms with Gasteiger partial charge in [0.2, 0.25) is 0 Å². The largest absolute Gasteiger partial charge is 0.464 e. The second-order valence-corrected chi connectivity index (χ2v) is 8.64. The molecule has 29 heavy (non-hydrogen) atoms. The van der Waals surface area contributed by atoms with Crippen molar-refractivity contribution in [2.45, 2.75) is 38.8 Å². The van der Waals surface area contributed by atoms with Crippen LogP contribution in [0.2, 0.25) is 0 Å². The van der Waals surface area contributed by atoms with E-state index >= 15 is 0 Å². The lowest BCUT2D eigenvalue weighted by atomic mass is 9.85. The Morgan fingerprint density at radius 3 is 2.52 bits per heavy atom. The van der Waals surface area contributed by atoms with Crippen LogP contribution in [0.1, 0.15) is 32.3 Å². The van der Waals surface area contributed by atoms with Gasteiger partial charge in [-0.05, 0) is 42.5 Å². The molecule has 2 fully saturated rings. The monoisotopic (exact) mass is 395 g/mol. The van der Waals surface area contributed by atoms with Gasteiger partial charge in [0.05, 0.1) is 6.26 Å². The molecular weight excluding hydrogens is 366 g/mol. The van der Waals surface area contributed by atoms with Gasteiger partial charge in [-0.2, -0.15) is 0 Å². The van der Waals surface area contributed by atoms with E-state index in [9.17, 15) is 9.59 Å². The van der Waals surface area contributed by atoms with Crippen molar-refractivity contribution in [3.05, 3.63) is 48.2 Å². The van der Waals surface area contributed by atoms with Crippen LogP contribution < -0.4 is 0 Å². The second kappa shape index (κ2) is 7.67. The summed E-state index contributed by atoms with van der Waals surface area (Å²) < 4.78 is 5.51. The zero-order valence-corrected chi connectivity index (χ0v) is 17.4. The molecule has 3 heterocycles. The molecule has 3 amide bonds. The van der Waals surface area contributed by atoms with Crippen molar-refractivity contribution in [2.75, 3.05) is 26.7 Å². The van der Waals surface area contributed by atoms with Crippen molar-refractivity contribution in [2.24, 2.45) is 5.92 Å². The maximum absolute atomic E-state index is 13.0. The number of benzene rings is 1. The Morgan fingerprint density at radius 2 is 1.86 bits per heavy atom. The predicted molar refractivity (Wildman–Crippen MR) is 111 cm³/mol. The Bertz CT molecular complexity index is 883. The number of imide groups is 1. The molecule has 0 atom stereocenters. The van der Waals surface area contributed by atoms with Gasteiger partial charge < -0.3 is 9.32 Å². The van der Waals surface area contributed by atoms with Crippen LogP contribution in [0.5, 0.6) is 0 Å². The van der Waals surface area contributed by atoms with Gasteiger partial charge in [0.1, 0.15) is 11.3 Å². The third-order valence-electron chi connectivity index (χ3n) is 6.11. The Kier molecular flexibility index (Phi) is 5.21. The lowest BCUT2D eigenvalue weighted by molar-refractivity contribution is -0.135. The van der Waals surface area contributed by atoms with Crippen LogP contribution in [-0.2, 0) is 11.3 Å². The van der Waals surface area contributed by atoms with Gasteiger partial charge >= 0.3 is 6.03 Å². The molecule has 6 heteroatoms. The van der Waals surface area contributed by atoms with Gasteiger partial charge in [-0.25, -0.2) is 4.79 Å². The van der Waals surface area contributed by atoms with E-state index in [-0.39, 0.29) is 11.9 Å². The number of rotatable bonds is 5. The fraction of sp³-hybridized carbons (Fsp3) is 0.478. The first-order chi connectivity index (χ1) is 13.9. The summed E-state index contributed by atoms with van der Waals surface area (Å²) in [5, 5.41) is 0. The van der Waals surface area contributed by atoms with E-state index in [1.807, 2.05) is 17.0 Å². The van der Waals surface area contributed by atoms with E-state index < -0.39 is 5.54 Å². The zero-order chi connectivity index (χ0) is 20.6. The smallest absolute Gasteiger partial charge is 0.327 e. The molecule has 0 radical (unpaired) electrons. The van der Waals surface area contributed by atoms with Crippen molar-refractivity contribution in [1.29, 1.82) is 0 Å². The molecule has 6 nitrogen and oxygen atoms in total. The number of urea groups is 1. The molecule has 154 valence electrons. The molecule has 0 bridgehead atoms. The van der Waals surface area contributed by atoms with Crippen molar-refractivity contribution < 1.29 is 14.0 Å². The molecule has 4 rings (SSSR count). The number of likely N-dealkylation sites (N-methyl/N-ethyl adjacent to an activating group) is 1. The molecule has 0 unspecified atom stereocenters. The molecule has 1 aromatic carbocycles. The minimum atomic E-state index is -0.664. The average Bonchev–Trinajstić information content (AvgIpc) is 3.30. The molecule has 2 aliphatic rings. The number of carbonyl (C=O) groups is 2. The Hall–Kier alpha value is -2.60. The molecule has 1 spiro atoms.